The minimum Gasteiger partial charge on any atom is -0.361 e. The molecular formula is C31H42N4. The van der Waals surface area contributed by atoms with Crippen LogP contribution in [0.25, 0.3) is 16.5 Å². The van der Waals surface area contributed by atoms with E-state index < -0.39 is 0 Å². The Hall–Kier alpha value is -2.56. The molecule has 2 aliphatic heterocycles. The van der Waals surface area contributed by atoms with Crippen LogP contribution >= 0.6 is 0 Å². The Morgan fingerprint density at radius 1 is 1.03 bits per heavy atom. The van der Waals surface area contributed by atoms with Gasteiger partial charge in [-0.15, -0.1) is 0 Å². The number of aromatic amines is 1. The van der Waals surface area contributed by atoms with Gasteiger partial charge in [0.05, 0.1) is 0 Å². The molecule has 0 atom stereocenters. The largest absolute Gasteiger partial charge is 0.361 e. The van der Waals surface area contributed by atoms with Gasteiger partial charge in [-0.1, -0.05) is 31.6 Å². The standard InChI is InChI=1S/C31H42N4/c1-4-5-6-27(24-13-17-35(3)18-14-24)29-19-25(8-7-22(29)2)34-26-9-10-28-30(21-33-31(28)20-26)23-11-15-32-16-12-23/h6-10,19-21,23-24,32-34H,4-5,11-18H2,1-3H3/b27-6-. The molecule has 1 aromatic heterocycles. The summed E-state index contributed by atoms with van der Waals surface area (Å²) < 4.78 is 0. The number of piperidine rings is 2. The molecule has 2 fully saturated rings. The number of fused-ring (bicyclic) bond motifs is 1. The van der Waals surface area contributed by atoms with E-state index in [1.807, 2.05) is 0 Å². The number of benzene rings is 2. The quantitative estimate of drug-likeness (QED) is 0.342. The van der Waals surface area contributed by atoms with Crippen molar-refractivity contribution >= 4 is 27.9 Å². The lowest BCUT2D eigenvalue weighted by Gasteiger charge is -2.31. The molecule has 2 aliphatic rings. The molecule has 5 rings (SSSR count). The highest BCUT2D eigenvalue weighted by molar-refractivity contribution is 5.87. The smallest absolute Gasteiger partial charge is 0.0477 e. The van der Waals surface area contributed by atoms with Gasteiger partial charge in [-0.25, -0.2) is 0 Å². The van der Waals surface area contributed by atoms with Crippen LogP contribution in [0.2, 0.25) is 0 Å². The maximum absolute atomic E-state index is 3.71. The molecule has 4 heteroatoms. The van der Waals surface area contributed by atoms with E-state index in [1.165, 1.54) is 78.5 Å². The van der Waals surface area contributed by atoms with E-state index in [0.29, 0.717) is 11.8 Å². The van der Waals surface area contributed by atoms with E-state index in [1.54, 1.807) is 5.57 Å². The number of anilines is 2. The van der Waals surface area contributed by atoms with Crippen molar-refractivity contribution in [1.82, 2.24) is 15.2 Å². The van der Waals surface area contributed by atoms with Gasteiger partial charge in [0, 0.05) is 28.5 Å². The number of aryl methyl sites for hydroxylation is 1. The molecule has 35 heavy (non-hydrogen) atoms. The minimum atomic E-state index is 0.662. The van der Waals surface area contributed by atoms with Gasteiger partial charge in [-0.3, -0.25) is 0 Å². The number of H-pyrrole nitrogens is 1. The van der Waals surface area contributed by atoms with Gasteiger partial charge in [0.25, 0.3) is 0 Å². The first-order valence-electron chi connectivity index (χ1n) is 13.7. The number of unbranched alkanes of at least 4 members (excludes halogenated alkanes) is 1. The van der Waals surface area contributed by atoms with Gasteiger partial charge >= 0.3 is 0 Å². The summed E-state index contributed by atoms with van der Waals surface area (Å²) in [6, 6.07) is 13.7. The third kappa shape index (κ3) is 5.49. The molecule has 3 heterocycles. The predicted molar refractivity (Wildman–Crippen MR) is 151 cm³/mol. The SMILES string of the molecule is CCC/C=C(\c1cc(Nc2ccc3c(C4CCNCC4)c[nH]c3c2)ccc1C)C1CCN(C)CC1. The second kappa shape index (κ2) is 11.0. The zero-order valence-electron chi connectivity index (χ0n) is 21.8. The molecule has 2 saturated heterocycles. The van der Waals surface area contributed by atoms with Gasteiger partial charge < -0.3 is 20.5 Å². The maximum Gasteiger partial charge on any atom is 0.0477 e. The van der Waals surface area contributed by atoms with Crippen molar-refractivity contribution in [3.05, 3.63) is 65.4 Å². The van der Waals surface area contributed by atoms with Crippen molar-refractivity contribution in [2.75, 3.05) is 38.5 Å². The number of hydrogen-bond donors (Lipinski definition) is 3. The van der Waals surface area contributed by atoms with E-state index in [9.17, 15) is 0 Å². The Bertz CT molecular complexity index is 1160. The molecule has 0 saturated carbocycles. The van der Waals surface area contributed by atoms with Crippen LogP contribution in [0.5, 0.6) is 0 Å². The molecule has 0 aliphatic carbocycles. The van der Waals surface area contributed by atoms with E-state index >= 15 is 0 Å². The van der Waals surface area contributed by atoms with Crippen molar-refractivity contribution in [3.8, 4) is 0 Å². The first kappa shape index (κ1) is 24.1. The summed E-state index contributed by atoms with van der Waals surface area (Å²) in [5.41, 5.74) is 9.39. The second-order valence-corrected chi connectivity index (χ2v) is 10.7. The normalized spacial score (nSPS) is 18.9. The summed E-state index contributed by atoms with van der Waals surface area (Å²) in [5.74, 6) is 1.33. The first-order chi connectivity index (χ1) is 17.1. The van der Waals surface area contributed by atoms with Crippen LogP contribution in [-0.2, 0) is 0 Å². The van der Waals surface area contributed by atoms with Crippen molar-refractivity contribution in [1.29, 1.82) is 0 Å². The molecule has 0 radical (unpaired) electrons. The van der Waals surface area contributed by atoms with E-state index in [4.69, 9.17) is 0 Å². The topological polar surface area (TPSA) is 43.1 Å². The fraction of sp³-hybridized carbons (Fsp3) is 0.484. The van der Waals surface area contributed by atoms with E-state index in [0.717, 1.165) is 25.2 Å². The van der Waals surface area contributed by atoms with Crippen LogP contribution < -0.4 is 10.6 Å². The maximum atomic E-state index is 3.71. The average Bonchev–Trinajstić information content (AvgIpc) is 3.31. The molecular weight excluding hydrogens is 428 g/mol. The summed E-state index contributed by atoms with van der Waals surface area (Å²) >= 11 is 0. The Kier molecular flexibility index (Phi) is 7.60. The number of nitrogens with one attached hydrogen (secondary N) is 3. The van der Waals surface area contributed by atoms with Crippen molar-refractivity contribution in [2.45, 2.75) is 58.3 Å². The van der Waals surface area contributed by atoms with Crippen LogP contribution in [0, 0.1) is 12.8 Å². The van der Waals surface area contributed by atoms with Gasteiger partial charge in [-0.05, 0) is 131 Å². The summed E-state index contributed by atoms with van der Waals surface area (Å²) in [4.78, 5) is 6.01. The van der Waals surface area contributed by atoms with Crippen molar-refractivity contribution in [3.63, 3.8) is 0 Å². The van der Waals surface area contributed by atoms with Gasteiger partial charge in [0.1, 0.15) is 0 Å². The minimum absolute atomic E-state index is 0.662. The Labute approximate surface area is 211 Å². The third-order valence-electron chi connectivity index (χ3n) is 8.14. The highest BCUT2D eigenvalue weighted by Gasteiger charge is 2.23. The lowest BCUT2D eigenvalue weighted by Crippen LogP contribution is -2.30. The van der Waals surface area contributed by atoms with Crippen LogP contribution in [-0.4, -0.2) is 43.1 Å². The van der Waals surface area contributed by atoms with Gasteiger partial charge in [-0.2, -0.15) is 0 Å². The fourth-order valence-corrected chi connectivity index (χ4v) is 5.99. The molecule has 186 valence electrons. The van der Waals surface area contributed by atoms with Crippen molar-refractivity contribution in [2.24, 2.45) is 5.92 Å². The summed E-state index contributed by atoms with van der Waals surface area (Å²) in [6.45, 7) is 9.18. The lowest BCUT2D eigenvalue weighted by atomic mass is 9.83. The lowest BCUT2D eigenvalue weighted by molar-refractivity contribution is 0.248. The summed E-state index contributed by atoms with van der Waals surface area (Å²) in [7, 11) is 2.25. The molecule has 0 bridgehead atoms. The first-order valence-corrected chi connectivity index (χ1v) is 13.7. The number of aromatic nitrogens is 1. The summed E-state index contributed by atoms with van der Waals surface area (Å²) in [6.07, 6.45) is 12.1. The molecule has 3 aromatic rings. The Morgan fingerprint density at radius 2 is 1.77 bits per heavy atom. The molecule has 3 N–H and O–H groups in total. The average molecular weight is 471 g/mol. The van der Waals surface area contributed by atoms with Crippen LogP contribution in [0.4, 0.5) is 11.4 Å². The number of allylic oxidation sites excluding steroid dienone is 2. The Balaban J connectivity index is 1.39. The number of likely N-dealkylation sites (tertiary alicyclic amines) is 1. The number of rotatable bonds is 7. The predicted octanol–water partition coefficient (Wildman–Crippen LogP) is 7.21. The number of nitrogens with zero attached hydrogens (tertiary/aromatic N) is 1. The van der Waals surface area contributed by atoms with Crippen LogP contribution in [0.3, 0.4) is 0 Å². The van der Waals surface area contributed by atoms with Crippen molar-refractivity contribution < 1.29 is 0 Å². The van der Waals surface area contributed by atoms with Crippen LogP contribution in [0.15, 0.2) is 48.7 Å². The van der Waals surface area contributed by atoms with Crippen LogP contribution in [0.1, 0.15) is 68.1 Å². The molecule has 0 amide bonds. The second-order valence-electron chi connectivity index (χ2n) is 10.7. The van der Waals surface area contributed by atoms with Gasteiger partial charge in [0.2, 0.25) is 0 Å². The highest BCUT2D eigenvalue weighted by atomic mass is 15.1. The van der Waals surface area contributed by atoms with E-state index in [2.05, 4.69) is 90.1 Å². The molecule has 0 unspecified atom stereocenters. The monoisotopic (exact) mass is 470 g/mol. The molecule has 4 nitrogen and oxygen atoms in total. The van der Waals surface area contributed by atoms with E-state index in [-0.39, 0.29) is 0 Å². The number of hydrogen-bond acceptors (Lipinski definition) is 3. The highest BCUT2D eigenvalue weighted by Crippen LogP contribution is 2.36. The molecule has 0 spiro atoms. The van der Waals surface area contributed by atoms with Gasteiger partial charge in [0.15, 0.2) is 0 Å². The third-order valence-corrected chi connectivity index (χ3v) is 8.14. The zero-order valence-corrected chi connectivity index (χ0v) is 21.8. The zero-order chi connectivity index (χ0) is 24.2. The summed E-state index contributed by atoms with van der Waals surface area (Å²) in [5, 5.41) is 8.57. The Morgan fingerprint density at radius 3 is 2.54 bits per heavy atom. The fourth-order valence-electron chi connectivity index (χ4n) is 5.99. The molecule has 2 aromatic carbocycles.